The molecule has 2 aromatic carbocycles. The molecule has 3 aromatic heterocycles. The highest BCUT2D eigenvalue weighted by atomic mass is 35.5. The summed E-state index contributed by atoms with van der Waals surface area (Å²) in [5.74, 6) is 1.91. The maximum atomic E-state index is 6.08. The molecule has 5 aromatic rings. The highest BCUT2D eigenvalue weighted by Crippen LogP contribution is 2.29. The zero-order chi connectivity index (χ0) is 20.3. The molecule has 10 nitrogen and oxygen atoms in total. The Hall–Kier alpha value is -4.05. The van der Waals surface area contributed by atoms with E-state index in [-0.39, 0.29) is 0 Å². The molecule has 0 amide bonds. The van der Waals surface area contributed by atoms with Crippen LogP contribution in [0, 0.1) is 0 Å². The van der Waals surface area contributed by atoms with Crippen LogP contribution in [-0.2, 0) is 6.54 Å². The first kappa shape index (κ1) is 18.0. The zero-order valence-corrected chi connectivity index (χ0v) is 16.2. The number of aromatic nitrogens is 8. The van der Waals surface area contributed by atoms with E-state index in [2.05, 4.69) is 51.4 Å². The number of hydrogen-bond acceptors (Lipinski definition) is 8. The van der Waals surface area contributed by atoms with Gasteiger partial charge < -0.3 is 10.6 Å². The molecule has 0 bridgehead atoms. The number of anilines is 3. The first-order valence-corrected chi connectivity index (χ1v) is 9.42. The van der Waals surface area contributed by atoms with Crippen molar-refractivity contribution in [2.45, 2.75) is 6.54 Å². The van der Waals surface area contributed by atoms with Crippen molar-refractivity contribution in [1.29, 1.82) is 0 Å². The summed E-state index contributed by atoms with van der Waals surface area (Å²) in [7, 11) is 0. The third-order valence-electron chi connectivity index (χ3n) is 4.48. The Bertz CT molecular complexity index is 1280. The van der Waals surface area contributed by atoms with Gasteiger partial charge in [-0.25, -0.2) is 15.1 Å². The van der Waals surface area contributed by atoms with Gasteiger partial charge in [0.2, 0.25) is 0 Å². The van der Waals surface area contributed by atoms with E-state index in [0.717, 1.165) is 22.2 Å². The molecule has 0 unspecified atom stereocenters. The van der Waals surface area contributed by atoms with Crippen LogP contribution in [0.5, 0.6) is 0 Å². The SMILES string of the molecule is Clc1cccc(Nc2ncnc3[nH]nc(NCc4ccc(-c5nnn[nH]5)cc4)c23)c1. The van der Waals surface area contributed by atoms with E-state index in [1.165, 1.54) is 6.33 Å². The number of aromatic amines is 2. The summed E-state index contributed by atoms with van der Waals surface area (Å²) in [4.78, 5) is 8.63. The molecule has 4 N–H and O–H groups in total. The highest BCUT2D eigenvalue weighted by molar-refractivity contribution is 6.30. The van der Waals surface area contributed by atoms with Gasteiger partial charge in [0.25, 0.3) is 0 Å². The van der Waals surface area contributed by atoms with Gasteiger partial charge in [0.05, 0.1) is 0 Å². The monoisotopic (exact) mass is 418 g/mol. The van der Waals surface area contributed by atoms with Crippen molar-refractivity contribution in [3.05, 3.63) is 65.4 Å². The van der Waals surface area contributed by atoms with Gasteiger partial charge in [-0.15, -0.1) is 5.10 Å². The Kier molecular flexibility index (Phi) is 4.66. The minimum Gasteiger partial charge on any atom is -0.364 e. The number of tetrazole rings is 1. The third kappa shape index (κ3) is 3.63. The summed E-state index contributed by atoms with van der Waals surface area (Å²) in [6.07, 6.45) is 1.48. The van der Waals surface area contributed by atoms with Crippen LogP contribution < -0.4 is 10.6 Å². The van der Waals surface area contributed by atoms with E-state index in [1.54, 1.807) is 0 Å². The molecule has 0 fully saturated rings. The van der Waals surface area contributed by atoms with Crippen molar-refractivity contribution in [2.75, 3.05) is 10.6 Å². The Morgan fingerprint density at radius 2 is 1.87 bits per heavy atom. The summed E-state index contributed by atoms with van der Waals surface area (Å²) in [6.45, 7) is 0.570. The smallest absolute Gasteiger partial charge is 0.179 e. The quantitative estimate of drug-likeness (QED) is 0.329. The highest BCUT2D eigenvalue weighted by Gasteiger charge is 2.13. The maximum absolute atomic E-state index is 6.08. The molecule has 0 saturated carbocycles. The number of hydrogen-bond donors (Lipinski definition) is 4. The molecule has 3 heterocycles. The van der Waals surface area contributed by atoms with Crippen molar-refractivity contribution in [3.63, 3.8) is 0 Å². The maximum Gasteiger partial charge on any atom is 0.179 e. The Labute approximate surface area is 175 Å². The molecule has 0 aliphatic heterocycles. The predicted molar refractivity (Wildman–Crippen MR) is 113 cm³/mol. The van der Waals surface area contributed by atoms with Crippen LogP contribution in [0.1, 0.15) is 5.56 Å². The number of benzene rings is 2. The van der Waals surface area contributed by atoms with Crippen molar-refractivity contribution in [2.24, 2.45) is 0 Å². The Balaban J connectivity index is 1.37. The molecule has 11 heteroatoms. The Morgan fingerprint density at radius 3 is 2.67 bits per heavy atom. The van der Waals surface area contributed by atoms with Crippen LogP contribution in [0.15, 0.2) is 54.9 Å². The lowest BCUT2D eigenvalue weighted by Gasteiger charge is -2.09. The number of halogens is 1. The standard InChI is InChI=1S/C19H15ClN10/c20-13-2-1-3-14(8-13)24-17-15-18(25-26-19(15)23-10-22-17)21-9-11-4-6-12(7-5-11)16-27-29-30-28-16/h1-8,10H,9H2,(H,27,28,29,30)(H3,21,22,23,24,25,26). The third-order valence-corrected chi connectivity index (χ3v) is 4.71. The lowest BCUT2D eigenvalue weighted by atomic mass is 10.1. The van der Waals surface area contributed by atoms with Gasteiger partial charge >= 0.3 is 0 Å². The topological polar surface area (TPSA) is 133 Å². The lowest BCUT2D eigenvalue weighted by Crippen LogP contribution is -2.02. The molecule has 0 aliphatic carbocycles. The normalized spacial score (nSPS) is 11.0. The van der Waals surface area contributed by atoms with Crippen LogP contribution >= 0.6 is 11.6 Å². The van der Waals surface area contributed by atoms with Crippen molar-refractivity contribution >= 4 is 40.0 Å². The van der Waals surface area contributed by atoms with Gasteiger partial charge in [-0.1, -0.05) is 41.9 Å². The average Bonchev–Trinajstić information content (AvgIpc) is 3.44. The van der Waals surface area contributed by atoms with E-state index in [9.17, 15) is 0 Å². The molecule has 148 valence electrons. The van der Waals surface area contributed by atoms with Crippen molar-refractivity contribution < 1.29 is 0 Å². The molecular formula is C19H15ClN10. The van der Waals surface area contributed by atoms with Crippen LogP contribution in [0.2, 0.25) is 5.02 Å². The summed E-state index contributed by atoms with van der Waals surface area (Å²) in [6, 6.07) is 15.3. The second-order valence-corrected chi connectivity index (χ2v) is 6.89. The fourth-order valence-electron chi connectivity index (χ4n) is 3.03. The minimum atomic E-state index is 0.570. The molecule has 0 saturated heterocycles. The van der Waals surface area contributed by atoms with Crippen LogP contribution in [0.3, 0.4) is 0 Å². The first-order valence-electron chi connectivity index (χ1n) is 9.05. The minimum absolute atomic E-state index is 0.570. The van der Waals surface area contributed by atoms with Gasteiger partial charge in [0.1, 0.15) is 17.5 Å². The van der Waals surface area contributed by atoms with Gasteiger partial charge in [0, 0.05) is 22.8 Å². The zero-order valence-electron chi connectivity index (χ0n) is 15.5. The molecule has 5 rings (SSSR count). The molecular weight excluding hydrogens is 404 g/mol. The van der Waals surface area contributed by atoms with Crippen LogP contribution in [0.25, 0.3) is 22.4 Å². The second kappa shape index (κ2) is 7.76. The van der Waals surface area contributed by atoms with E-state index in [1.807, 2.05) is 48.5 Å². The fraction of sp³-hybridized carbons (Fsp3) is 0.0526. The van der Waals surface area contributed by atoms with E-state index < -0.39 is 0 Å². The Morgan fingerprint density at radius 1 is 0.967 bits per heavy atom. The number of H-pyrrole nitrogens is 2. The van der Waals surface area contributed by atoms with Gasteiger partial charge in [-0.05, 0) is 34.2 Å². The number of fused-ring (bicyclic) bond motifs is 1. The molecule has 0 radical (unpaired) electrons. The number of nitrogens with one attached hydrogen (secondary N) is 4. The first-order chi connectivity index (χ1) is 14.8. The van der Waals surface area contributed by atoms with Crippen LogP contribution in [0.4, 0.5) is 17.3 Å². The average molecular weight is 419 g/mol. The summed E-state index contributed by atoms with van der Waals surface area (Å²) in [5.41, 5.74) is 3.44. The summed E-state index contributed by atoms with van der Waals surface area (Å²) < 4.78 is 0. The molecule has 30 heavy (non-hydrogen) atoms. The molecule has 0 aliphatic rings. The molecule has 0 atom stereocenters. The summed E-state index contributed by atoms with van der Waals surface area (Å²) >= 11 is 6.08. The predicted octanol–water partition coefficient (Wildman–Crippen LogP) is 3.54. The number of rotatable bonds is 6. The van der Waals surface area contributed by atoms with E-state index in [4.69, 9.17) is 11.6 Å². The van der Waals surface area contributed by atoms with Gasteiger partial charge in [-0.2, -0.15) is 5.10 Å². The number of nitrogens with zero attached hydrogens (tertiary/aromatic N) is 6. The largest absolute Gasteiger partial charge is 0.364 e. The van der Waals surface area contributed by atoms with Gasteiger partial charge in [-0.3, -0.25) is 5.10 Å². The summed E-state index contributed by atoms with van der Waals surface area (Å²) in [5, 5.41) is 29.2. The van der Waals surface area contributed by atoms with Gasteiger partial charge in [0.15, 0.2) is 17.3 Å². The molecule has 0 spiro atoms. The van der Waals surface area contributed by atoms with Crippen LogP contribution in [-0.4, -0.2) is 40.8 Å². The fourth-order valence-corrected chi connectivity index (χ4v) is 3.22. The lowest BCUT2D eigenvalue weighted by molar-refractivity contribution is 0.881. The van der Waals surface area contributed by atoms with E-state index in [0.29, 0.717) is 34.7 Å². The van der Waals surface area contributed by atoms with E-state index >= 15 is 0 Å². The second-order valence-electron chi connectivity index (χ2n) is 6.45. The van der Waals surface area contributed by atoms with Crippen molar-refractivity contribution in [1.82, 2.24) is 40.8 Å². The van der Waals surface area contributed by atoms with Crippen molar-refractivity contribution in [3.8, 4) is 11.4 Å².